The normalized spacial score (nSPS) is 10.4. The van der Waals surface area contributed by atoms with Crippen molar-refractivity contribution < 1.29 is 19.1 Å². The SMILES string of the molecule is CCOC(=O)C(CCn1ccnc1)C(=O)OCC. The van der Waals surface area contributed by atoms with Gasteiger partial charge < -0.3 is 14.0 Å². The van der Waals surface area contributed by atoms with E-state index >= 15 is 0 Å². The number of hydrogen-bond donors (Lipinski definition) is 0. The Bertz CT molecular complexity index is 357. The highest BCUT2D eigenvalue weighted by molar-refractivity contribution is 5.94. The lowest BCUT2D eigenvalue weighted by Gasteiger charge is -2.14. The Morgan fingerprint density at radius 2 is 1.83 bits per heavy atom. The number of nitrogens with zero attached hydrogens (tertiary/aromatic N) is 2. The maximum Gasteiger partial charge on any atom is 0.320 e. The lowest BCUT2D eigenvalue weighted by Crippen LogP contribution is -2.29. The molecule has 0 aliphatic heterocycles. The summed E-state index contributed by atoms with van der Waals surface area (Å²) in [7, 11) is 0. The van der Waals surface area contributed by atoms with Crippen LogP contribution in [0.15, 0.2) is 18.7 Å². The molecule has 0 aliphatic rings. The first-order chi connectivity index (χ1) is 8.69. The summed E-state index contributed by atoms with van der Waals surface area (Å²) in [4.78, 5) is 27.2. The first kappa shape index (κ1) is 14.2. The van der Waals surface area contributed by atoms with E-state index in [4.69, 9.17) is 9.47 Å². The van der Waals surface area contributed by atoms with Gasteiger partial charge in [-0.2, -0.15) is 0 Å². The van der Waals surface area contributed by atoms with E-state index in [0.29, 0.717) is 13.0 Å². The van der Waals surface area contributed by atoms with Crippen LogP contribution in [0.2, 0.25) is 0 Å². The Morgan fingerprint density at radius 1 is 1.22 bits per heavy atom. The van der Waals surface area contributed by atoms with E-state index in [9.17, 15) is 9.59 Å². The zero-order valence-corrected chi connectivity index (χ0v) is 10.7. The van der Waals surface area contributed by atoms with E-state index in [2.05, 4.69) is 4.98 Å². The summed E-state index contributed by atoms with van der Waals surface area (Å²) in [5, 5.41) is 0. The third-order valence-corrected chi connectivity index (χ3v) is 2.38. The number of aryl methyl sites for hydroxylation is 1. The quantitative estimate of drug-likeness (QED) is 0.536. The van der Waals surface area contributed by atoms with Gasteiger partial charge in [0.25, 0.3) is 0 Å². The standard InChI is InChI=1S/C12H18N2O4/c1-3-17-11(15)10(12(16)18-4-2)5-7-14-8-6-13-9-14/h6,8-10H,3-5,7H2,1-2H3. The van der Waals surface area contributed by atoms with Crippen molar-refractivity contribution in [3.63, 3.8) is 0 Å². The second kappa shape index (κ2) is 7.47. The molecule has 0 N–H and O–H groups in total. The van der Waals surface area contributed by atoms with Crippen molar-refractivity contribution in [3.8, 4) is 0 Å². The van der Waals surface area contributed by atoms with E-state index in [-0.39, 0.29) is 13.2 Å². The van der Waals surface area contributed by atoms with E-state index in [0.717, 1.165) is 0 Å². The number of esters is 2. The smallest absolute Gasteiger partial charge is 0.320 e. The third-order valence-electron chi connectivity index (χ3n) is 2.38. The third kappa shape index (κ3) is 4.20. The number of rotatable bonds is 7. The number of hydrogen-bond acceptors (Lipinski definition) is 5. The highest BCUT2D eigenvalue weighted by atomic mass is 16.6. The van der Waals surface area contributed by atoms with Crippen LogP contribution in [-0.4, -0.2) is 34.7 Å². The first-order valence-electron chi connectivity index (χ1n) is 5.98. The van der Waals surface area contributed by atoms with Gasteiger partial charge in [-0.15, -0.1) is 0 Å². The summed E-state index contributed by atoms with van der Waals surface area (Å²) in [5.74, 6) is -1.93. The molecule has 1 aromatic rings. The number of ether oxygens (including phenoxy) is 2. The molecular weight excluding hydrogens is 236 g/mol. The van der Waals surface area contributed by atoms with Gasteiger partial charge in [-0.1, -0.05) is 0 Å². The van der Waals surface area contributed by atoms with Crippen LogP contribution in [0.5, 0.6) is 0 Å². The maximum absolute atomic E-state index is 11.7. The van der Waals surface area contributed by atoms with Crippen molar-refractivity contribution in [1.82, 2.24) is 9.55 Å². The Hall–Kier alpha value is -1.85. The van der Waals surface area contributed by atoms with Gasteiger partial charge >= 0.3 is 11.9 Å². The van der Waals surface area contributed by atoms with Crippen LogP contribution >= 0.6 is 0 Å². The summed E-state index contributed by atoms with van der Waals surface area (Å²) in [5.41, 5.74) is 0. The molecule has 100 valence electrons. The Balaban J connectivity index is 2.59. The largest absolute Gasteiger partial charge is 0.465 e. The molecule has 0 bridgehead atoms. The Morgan fingerprint density at radius 3 is 2.28 bits per heavy atom. The summed E-state index contributed by atoms with van der Waals surface area (Å²) in [6.07, 6.45) is 5.39. The number of carbonyl (C=O) groups is 2. The average Bonchev–Trinajstić information content (AvgIpc) is 2.83. The minimum atomic E-state index is -0.868. The maximum atomic E-state index is 11.7. The highest BCUT2D eigenvalue weighted by Gasteiger charge is 2.29. The van der Waals surface area contributed by atoms with E-state index in [1.54, 1.807) is 37.1 Å². The van der Waals surface area contributed by atoms with Gasteiger partial charge in [0.1, 0.15) is 0 Å². The average molecular weight is 254 g/mol. The van der Waals surface area contributed by atoms with Crippen LogP contribution < -0.4 is 0 Å². The van der Waals surface area contributed by atoms with Crippen LogP contribution in [0.1, 0.15) is 20.3 Å². The second-order valence-electron chi connectivity index (χ2n) is 3.65. The molecule has 6 nitrogen and oxygen atoms in total. The molecule has 0 aromatic carbocycles. The van der Waals surface area contributed by atoms with Crippen molar-refractivity contribution in [2.45, 2.75) is 26.8 Å². The van der Waals surface area contributed by atoms with Gasteiger partial charge in [0, 0.05) is 18.9 Å². The zero-order chi connectivity index (χ0) is 13.4. The number of carbonyl (C=O) groups excluding carboxylic acids is 2. The molecule has 0 unspecified atom stereocenters. The van der Waals surface area contributed by atoms with Gasteiger partial charge in [-0.05, 0) is 20.3 Å². The van der Waals surface area contributed by atoms with Crippen LogP contribution in [0.3, 0.4) is 0 Å². The molecule has 1 heterocycles. The molecular formula is C12H18N2O4. The fourth-order valence-corrected chi connectivity index (χ4v) is 1.51. The molecule has 0 saturated carbocycles. The number of aromatic nitrogens is 2. The lowest BCUT2D eigenvalue weighted by molar-refractivity contribution is -0.162. The molecule has 6 heteroatoms. The molecule has 1 rings (SSSR count). The molecule has 1 aromatic heterocycles. The minimum Gasteiger partial charge on any atom is -0.465 e. The summed E-state index contributed by atoms with van der Waals surface area (Å²) in [6.45, 7) is 4.42. The lowest BCUT2D eigenvalue weighted by atomic mass is 10.1. The molecule has 0 saturated heterocycles. The van der Waals surface area contributed by atoms with Crippen LogP contribution in [0.4, 0.5) is 0 Å². The molecule has 0 spiro atoms. The van der Waals surface area contributed by atoms with Crippen molar-refractivity contribution in [1.29, 1.82) is 0 Å². The van der Waals surface area contributed by atoms with Crippen LogP contribution in [-0.2, 0) is 25.6 Å². The van der Waals surface area contributed by atoms with Gasteiger partial charge in [0.05, 0.1) is 19.5 Å². The minimum absolute atomic E-state index is 0.250. The summed E-state index contributed by atoms with van der Waals surface area (Å²) in [6, 6.07) is 0. The van der Waals surface area contributed by atoms with E-state index < -0.39 is 17.9 Å². The van der Waals surface area contributed by atoms with Crippen LogP contribution in [0.25, 0.3) is 0 Å². The van der Waals surface area contributed by atoms with Crippen LogP contribution in [0, 0.1) is 5.92 Å². The molecule has 0 radical (unpaired) electrons. The topological polar surface area (TPSA) is 70.4 Å². The van der Waals surface area contributed by atoms with Crippen molar-refractivity contribution in [2.75, 3.05) is 13.2 Å². The van der Waals surface area contributed by atoms with Crippen molar-refractivity contribution >= 4 is 11.9 Å². The predicted octanol–water partition coefficient (Wildman–Crippen LogP) is 1.02. The Labute approximate surface area is 106 Å². The van der Waals surface area contributed by atoms with Gasteiger partial charge in [-0.25, -0.2) is 4.98 Å². The molecule has 0 amide bonds. The molecule has 0 fully saturated rings. The highest BCUT2D eigenvalue weighted by Crippen LogP contribution is 2.10. The molecule has 0 aliphatic carbocycles. The predicted molar refractivity (Wildman–Crippen MR) is 63.6 cm³/mol. The monoisotopic (exact) mass is 254 g/mol. The number of imidazole rings is 1. The van der Waals surface area contributed by atoms with Crippen molar-refractivity contribution in [2.24, 2.45) is 5.92 Å². The van der Waals surface area contributed by atoms with Gasteiger partial charge in [0.2, 0.25) is 0 Å². The van der Waals surface area contributed by atoms with E-state index in [1.807, 2.05) is 0 Å². The zero-order valence-electron chi connectivity index (χ0n) is 10.7. The van der Waals surface area contributed by atoms with Crippen molar-refractivity contribution in [3.05, 3.63) is 18.7 Å². The molecule has 18 heavy (non-hydrogen) atoms. The molecule has 0 atom stereocenters. The second-order valence-corrected chi connectivity index (χ2v) is 3.65. The Kier molecular flexibility index (Phi) is 5.90. The summed E-state index contributed by atoms with van der Waals surface area (Å²) >= 11 is 0. The first-order valence-corrected chi connectivity index (χ1v) is 5.98. The fraction of sp³-hybridized carbons (Fsp3) is 0.583. The van der Waals surface area contributed by atoms with Gasteiger partial charge in [0.15, 0.2) is 5.92 Å². The van der Waals surface area contributed by atoms with E-state index in [1.165, 1.54) is 0 Å². The van der Waals surface area contributed by atoms with Gasteiger partial charge in [-0.3, -0.25) is 9.59 Å². The summed E-state index contributed by atoms with van der Waals surface area (Å²) < 4.78 is 11.6. The fourth-order valence-electron chi connectivity index (χ4n) is 1.51.